The maximum absolute atomic E-state index is 12.0. The predicted molar refractivity (Wildman–Crippen MR) is 112 cm³/mol. The summed E-state index contributed by atoms with van der Waals surface area (Å²) in [7, 11) is 0. The van der Waals surface area contributed by atoms with E-state index in [0.29, 0.717) is 16.7 Å². The molecular weight excluding hydrogens is 400 g/mol. The summed E-state index contributed by atoms with van der Waals surface area (Å²) in [4.78, 5) is 51.3. The third-order valence-electron chi connectivity index (χ3n) is 4.62. The Labute approximate surface area is 180 Å². The van der Waals surface area contributed by atoms with Gasteiger partial charge in [-0.15, -0.1) is 0 Å². The van der Waals surface area contributed by atoms with Crippen molar-refractivity contribution in [1.29, 1.82) is 0 Å². The van der Waals surface area contributed by atoms with Crippen LogP contribution in [0.25, 0.3) is 11.1 Å². The third-order valence-corrected chi connectivity index (χ3v) is 4.62. The molecule has 3 amide bonds. The number of rotatable bonds is 5. The van der Waals surface area contributed by atoms with Gasteiger partial charge >= 0.3 is 6.16 Å². The molecule has 0 radical (unpaired) electrons. The van der Waals surface area contributed by atoms with E-state index in [1.54, 1.807) is 36.4 Å². The Kier molecular flexibility index (Phi) is 7.02. The minimum Gasteiger partial charge on any atom is -0.393 e. The molecule has 2 fully saturated rings. The van der Waals surface area contributed by atoms with Crippen LogP contribution in [0.3, 0.4) is 0 Å². The molecule has 0 atom stereocenters. The van der Waals surface area contributed by atoms with E-state index in [1.165, 1.54) is 0 Å². The first-order valence-electron chi connectivity index (χ1n) is 10.3. The second-order valence-corrected chi connectivity index (χ2v) is 6.87. The molecule has 4 rings (SSSR count). The number of amides is 3. The number of hydrogen-bond donors (Lipinski definition) is 1. The topological polar surface area (TPSA) is 102 Å². The Morgan fingerprint density at radius 1 is 0.871 bits per heavy atom. The first-order valence-corrected chi connectivity index (χ1v) is 10.3. The molecule has 0 unspecified atom stereocenters. The highest BCUT2D eigenvalue weighted by molar-refractivity contribution is 6.01. The van der Waals surface area contributed by atoms with Crippen LogP contribution < -0.4 is 10.1 Å². The van der Waals surface area contributed by atoms with Crippen molar-refractivity contribution >= 4 is 23.9 Å². The van der Waals surface area contributed by atoms with Crippen LogP contribution in [0, 0.1) is 0 Å². The quantitative estimate of drug-likeness (QED) is 0.444. The summed E-state index contributed by atoms with van der Waals surface area (Å²) in [6, 6.07) is 14.1. The molecule has 0 bridgehead atoms. The zero-order chi connectivity index (χ0) is 22.4. The number of hydrogen-bond acceptors (Lipinski definition) is 6. The minimum atomic E-state index is -1.16. The van der Waals surface area contributed by atoms with Gasteiger partial charge in [0.25, 0.3) is 17.7 Å². The van der Waals surface area contributed by atoms with Gasteiger partial charge in [0, 0.05) is 24.4 Å². The highest BCUT2D eigenvalue weighted by atomic mass is 16.8. The fourth-order valence-electron chi connectivity index (χ4n) is 2.87. The van der Waals surface area contributed by atoms with Gasteiger partial charge in [-0.25, -0.2) is 4.79 Å². The summed E-state index contributed by atoms with van der Waals surface area (Å²) >= 11 is 0. The number of hydroxylamine groups is 2. The van der Waals surface area contributed by atoms with Gasteiger partial charge in [0.15, 0.2) is 0 Å². The van der Waals surface area contributed by atoms with Gasteiger partial charge in [0.2, 0.25) is 0 Å². The molecule has 2 aliphatic rings. The van der Waals surface area contributed by atoms with Gasteiger partial charge in [0.05, 0.1) is 0 Å². The van der Waals surface area contributed by atoms with Gasteiger partial charge in [-0.2, -0.15) is 0 Å². The second-order valence-electron chi connectivity index (χ2n) is 6.87. The first-order chi connectivity index (χ1) is 15.0. The van der Waals surface area contributed by atoms with Crippen molar-refractivity contribution in [2.24, 2.45) is 0 Å². The van der Waals surface area contributed by atoms with E-state index in [1.807, 2.05) is 26.0 Å². The maximum atomic E-state index is 12.0. The minimum absolute atomic E-state index is 0.0157. The lowest BCUT2D eigenvalue weighted by molar-refractivity contribution is -0.174. The van der Waals surface area contributed by atoms with E-state index in [4.69, 9.17) is 4.74 Å². The van der Waals surface area contributed by atoms with E-state index >= 15 is 0 Å². The Balaban J connectivity index is 0.00000132. The molecule has 1 aliphatic carbocycles. The van der Waals surface area contributed by atoms with E-state index in [2.05, 4.69) is 10.2 Å². The third kappa shape index (κ3) is 5.69. The van der Waals surface area contributed by atoms with Gasteiger partial charge in [-0.3, -0.25) is 19.2 Å². The summed E-state index contributed by atoms with van der Waals surface area (Å²) in [5.41, 5.74) is 2.37. The smallest absolute Gasteiger partial charge is 0.393 e. The van der Waals surface area contributed by atoms with E-state index in [9.17, 15) is 19.2 Å². The summed E-state index contributed by atoms with van der Waals surface area (Å²) in [6.45, 7) is 4.00. The summed E-state index contributed by atoms with van der Waals surface area (Å²) in [5.74, 6) is -1.01. The number of ether oxygens (including phenoxy) is 1. The predicted octanol–water partition coefficient (Wildman–Crippen LogP) is 3.85. The average molecular weight is 424 g/mol. The Morgan fingerprint density at radius 3 is 1.90 bits per heavy atom. The number of nitrogens with one attached hydrogen (secondary N) is 1. The highest BCUT2D eigenvalue weighted by Crippen LogP contribution is 2.24. The molecule has 8 heteroatoms. The molecule has 1 N–H and O–H groups in total. The number of benzene rings is 2. The van der Waals surface area contributed by atoms with Gasteiger partial charge in [0.1, 0.15) is 5.75 Å². The molecule has 8 nitrogen and oxygen atoms in total. The summed E-state index contributed by atoms with van der Waals surface area (Å²) in [6.07, 6.45) is 0.948. The van der Waals surface area contributed by atoms with Gasteiger partial charge in [-0.05, 0) is 48.2 Å². The molecule has 2 aromatic rings. The number of carbonyl (C=O) groups is 4. The van der Waals surface area contributed by atoms with Crippen LogP contribution in [0.2, 0.25) is 0 Å². The lowest BCUT2D eigenvalue weighted by Gasteiger charge is -2.12. The van der Waals surface area contributed by atoms with E-state index in [0.717, 1.165) is 24.0 Å². The number of nitrogens with zero attached hydrogens (tertiary/aromatic N) is 1. The van der Waals surface area contributed by atoms with E-state index < -0.39 is 18.0 Å². The molecule has 162 valence electrons. The van der Waals surface area contributed by atoms with E-state index in [-0.39, 0.29) is 24.5 Å². The monoisotopic (exact) mass is 424 g/mol. The molecule has 2 aromatic carbocycles. The van der Waals surface area contributed by atoms with Crippen molar-refractivity contribution in [1.82, 2.24) is 10.4 Å². The standard InChI is InChI=1S/C21H18N2O6.C2H6/c24-18-11-12-19(25)23(18)29-21(27)28-17-9-5-14(6-10-17)13-1-3-15(4-2-13)20(26)22-16-7-8-16;1-2/h1-6,9-10,16H,7-8,11-12H2,(H,22,26);1-2H3. The molecule has 1 heterocycles. The zero-order valence-electron chi connectivity index (χ0n) is 17.4. The molecule has 1 aliphatic heterocycles. The number of imide groups is 1. The summed E-state index contributed by atoms with van der Waals surface area (Å²) in [5, 5.41) is 3.37. The zero-order valence-corrected chi connectivity index (χ0v) is 17.4. The molecule has 0 spiro atoms. The fourth-order valence-corrected chi connectivity index (χ4v) is 2.87. The second kappa shape index (κ2) is 9.88. The van der Waals surface area contributed by atoms with Crippen LogP contribution in [0.5, 0.6) is 5.75 Å². The van der Waals surface area contributed by atoms with Crippen LogP contribution in [0.1, 0.15) is 49.9 Å². The van der Waals surface area contributed by atoms with Crippen molar-refractivity contribution in [3.63, 3.8) is 0 Å². The normalized spacial score (nSPS) is 15.1. The Morgan fingerprint density at radius 2 is 1.39 bits per heavy atom. The van der Waals surface area contributed by atoms with Gasteiger partial charge in [-0.1, -0.05) is 43.2 Å². The molecule has 0 aromatic heterocycles. The fraction of sp³-hybridized carbons (Fsp3) is 0.304. The van der Waals surface area contributed by atoms with Crippen LogP contribution in [0.15, 0.2) is 48.5 Å². The van der Waals surface area contributed by atoms with Crippen LogP contribution >= 0.6 is 0 Å². The lowest BCUT2D eigenvalue weighted by atomic mass is 10.0. The molecule has 1 saturated carbocycles. The highest BCUT2D eigenvalue weighted by Gasteiger charge is 2.33. The van der Waals surface area contributed by atoms with Crippen molar-refractivity contribution in [2.75, 3.05) is 0 Å². The average Bonchev–Trinajstić information content (AvgIpc) is 3.56. The van der Waals surface area contributed by atoms with Crippen LogP contribution in [-0.2, 0) is 14.4 Å². The Bertz CT molecular complexity index is 949. The summed E-state index contributed by atoms with van der Waals surface area (Å²) < 4.78 is 5.00. The van der Waals surface area contributed by atoms with Crippen molar-refractivity contribution in [3.8, 4) is 16.9 Å². The SMILES string of the molecule is CC.O=C(Oc1ccc(-c2ccc(C(=O)NC3CC3)cc2)cc1)ON1C(=O)CCC1=O. The molecule has 31 heavy (non-hydrogen) atoms. The van der Waals surface area contributed by atoms with Crippen LogP contribution in [0.4, 0.5) is 4.79 Å². The van der Waals surface area contributed by atoms with Crippen molar-refractivity contribution in [2.45, 2.75) is 45.6 Å². The van der Waals surface area contributed by atoms with Crippen molar-refractivity contribution < 1.29 is 28.8 Å². The lowest BCUT2D eigenvalue weighted by Crippen LogP contribution is -2.33. The van der Waals surface area contributed by atoms with Crippen molar-refractivity contribution in [3.05, 3.63) is 54.1 Å². The van der Waals surface area contributed by atoms with Crippen LogP contribution in [-0.4, -0.2) is 35.0 Å². The molecule has 1 saturated heterocycles. The largest absolute Gasteiger partial charge is 0.539 e. The number of carbonyl (C=O) groups excluding carboxylic acids is 4. The van der Waals surface area contributed by atoms with Gasteiger partial charge < -0.3 is 10.1 Å². The Hall–Kier alpha value is -3.68. The first kappa shape index (κ1) is 22.0. The molecular formula is C23H24N2O6. The maximum Gasteiger partial charge on any atom is 0.539 e.